The number of aryl methyl sites for hydroxylation is 2. The molecule has 2 amide bonds. The SMILES string of the molecule is Cc1nn(C)c(C)c1[C@H](C)NC(=O)N(CC1CC1)C1CCCCC1. The van der Waals surface area contributed by atoms with E-state index in [1.165, 1.54) is 44.9 Å². The normalized spacial score (nSPS) is 20.0. The molecule has 5 nitrogen and oxygen atoms in total. The van der Waals surface area contributed by atoms with Crippen LogP contribution in [0.1, 0.15) is 74.9 Å². The van der Waals surface area contributed by atoms with Crippen molar-refractivity contribution in [3.05, 3.63) is 17.0 Å². The summed E-state index contributed by atoms with van der Waals surface area (Å²) < 4.78 is 1.90. The van der Waals surface area contributed by atoms with Crippen LogP contribution in [0.25, 0.3) is 0 Å². The van der Waals surface area contributed by atoms with Crippen LogP contribution in [0.3, 0.4) is 0 Å². The van der Waals surface area contributed by atoms with Crippen molar-refractivity contribution in [2.24, 2.45) is 13.0 Å². The van der Waals surface area contributed by atoms with Crippen LogP contribution < -0.4 is 5.32 Å². The van der Waals surface area contributed by atoms with E-state index in [2.05, 4.69) is 29.2 Å². The Hall–Kier alpha value is -1.52. The summed E-state index contributed by atoms with van der Waals surface area (Å²) >= 11 is 0. The molecule has 2 fully saturated rings. The summed E-state index contributed by atoms with van der Waals surface area (Å²) in [6, 6.07) is 0.545. The van der Waals surface area contributed by atoms with Gasteiger partial charge in [0.25, 0.3) is 0 Å². The van der Waals surface area contributed by atoms with Gasteiger partial charge in [-0.25, -0.2) is 4.79 Å². The third-order valence-electron chi connectivity index (χ3n) is 5.77. The first kappa shape index (κ1) is 17.3. The molecule has 1 heterocycles. The van der Waals surface area contributed by atoms with E-state index in [4.69, 9.17) is 0 Å². The van der Waals surface area contributed by atoms with Gasteiger partial charge in [0.15, 0.2) is 0 Å². The number of aromatic nitrogens is 2. The molecule has 0 radical (unpaired) electrons. The summed E-state index contributed by atoms with van der Waals surface area (Å²) in [5.74, 6) is 0.731. The lowest BCUT2D eigenvalue weighted by molar-refractivity contribution is 0.149. The molecule has 1 aromatic rings. The molecule has 1 aromatic heterocycles. The van der Waals surface area contributed by atoms with Crippen LogP contribution in [-0.2, 0) is 7.05 Å². The Kier molecular flexibility index (Phi) is 5.16. The van der Waals surface area contributed by atoms with Crippen LogP contribution in [0.4, 0.5) is 4.79 Å². The minimum Gasteiger partial charge on any atom is -0.331 e. The molecule has 0 aromatic carbocycles. The summed E-state index contributed by atoms with van der Waals surface area (Å²) in [6.07, 6.45) is 8.74. The summed E-state index contributed by atoms with van der Waals surface area (Å²) in [4.78, 5) is 15.2. The van der Waals surface area contributed by atoms with Crippen molar-refractivity contribution in [1.29, 1.82) is 0 Å². The highest BCUT2D eigenvalue weighted by Crippen LogP contribution is 2.33. The largest absolute Gasteiger partial charge is 0.331 e. The van der Waals surface area contributed by atoms with E-state index >= 15 is 0 Å². The van der Waals surface area contributed by atoms with Gasteiger partial charge in [-0.15, -0.1) is 0 Å². The predicted octanol–water partition coefficient (Wildman–Crippen LogP) is 3.85. The molecule has 5 heteroatoms. The Morgan fingerprint density at radius 2 is 1.92 bits per heavy atom. The van der Waals surface area contributed by atoms with Crippen molar-refractivity contribution in [3.8, 4) is 0 Å². The second-order valence-corrected chi connectivity index (χ2v) is 7.77. The molecular formula is C19H32N4O. The number of hydrogen-bond donors (Lipinski definition) is 1. The lowest BCUT2D eigenvalue weighted by Crippen LogP contribution is -2.48. The molecule has 3 rings (SSSR count). The maximum absolute atomic E-state index is 13.0. The van der Waals surface area contributed by atoms with E-state index in [9.17, 15) is 4.79 Å². The van der Waals surface area contributed by atoms with Crippen molar-refractivity contribution < 1.29 is 4.79 Å². The topological polar surface area (TPSA) is 50.2 Å². The lowest BCUT2D eigenvalue weighted by atomic mass is 9.94. The molecule has 0 bridgehead atoms. The smallest absolute Gasteiger partial charge is 0.318 e. The van der Waals surface area contributed by atoms with Gasteiger partial charge in [0.2, 0.25) is 0 Å². The highest BCUT2D eigenvalue weighted by molar-refractivity contribution is 5.75. The van der Waals surface area contributed by atoms with Crippen LogP contribution in [0.5, 0.6) is 0 Å². The van der Waals surface area contributed by atoms with E-state index in [0.717, 1.165) is 29.4 Å². The van der Waals surface area contributed by atoms with E-state index in [1.807, 2.05) is 18.7 Å². The van der Waals surface area contributed by atoms with Crippen LogP contribution in [0.2, 0.25) is 0 Å². The number of amides is 2. The quantitative estimate of drug-likeness (QED) is 0.890. The zero-order valence-electron chi connectivity index (χ0n) is 15.6. The summed E-state index contributed by atoms with van der Waals surface area (Å²) in [5, 5.41) is 7.74. The number of urea groups is 1. The number of rotatable bonds is 5. The lowest BCUT2D eigenvalue weighted by Gasteiger charge is -2.35. The average Bonchev–Trinajstić information content (AvgIpc) is 3.33. The highest BCUT2D eigenvalue weighted by Gasteiger charge is 2.32. The molecule has 1 atom stereocenters. The van der Waals surface area contributed by atoms with Gasteiger partial charge in [-0.2, -0.15) is 5.10 Å². The summed E-state index contributed by atoms with van der Waals surface area (Å²) in [7, 11) is 1.96. The molecule has 0 aliphatic heterocycles. The fraction of sp³-hybridized carbons (Fsp3) is 0.789. The number of hydrogen-bond acceptors (Lipinski definition) is 2. The van der Waals surface area contributed by atoms with Gasteiger partial charge >= 0.3 is 6.03 Å². The maximum atomic E-state index is 13.0. The molecule has 0 unspecified atom stereocenters. The van der Waals surface area contributed by atoms with Crippen molar-refractivity contribution in [2.45, 2.75) is 77.8 Å². The molecule has 1 N–H and O–H groups in total. The third-order valence-corrected chi connectivity index (χ3v) is 5.77. The number of nitrogens with one attached hydrogen (secondary N) is 1. The second kappa shape index (κ2) is 7.16. The summed E-state index contributed by atoms with van der Waals surface area (Å²) in [6.45, 7) is 7.11. The van der Waals surface area contributed by atoms with E-state index in [-0.39, 0.29) is 12.1 Å². The fourth-order valence-corrected chi connectivity index (χ4v) is 4.13. The minimum atomic E-state index is -0.00325. The van der Waals surface area contributed by atoms with Crippen molar-refractivity contribution in [2.75, 3.05) is 6.54 Å². The maximum Gasteiger partial charge on any atom is 0.318 e. The van der Waals surface area contributed by atoms with Gasteiger partial charge in [0.05, 0.1) is 11.7 Å². The van der Waals surface area contributed by atoms with Crippen molar-refractivity contribution >= 4 is 6.03 Å². The zero-order chi connectivity index (χ0) is 17.3. The van der Waals surface area contributed by atoms with Crippen LogP contribution in [-0.4, -0.2) is 33.3 Å². The van der Waals surface area contributed by atoms with E-state index in [0.29, 0.717) is 6.04 Å². The first-order valence-electron chi connectivity index (χ1n) is 9.54. The van der Waals surface area contributed by atoms with Gasteiger partial charge < -0.3 is 10.2 Å². The summed E-state index contributed by atoms with van der Waals surface area (Å²) in [5.41, 5.74) is 3.29. The highest BCUT2D eigenvalue weighted by atomic mass is 16.2. The van der Waals surface area contributed by atoms with Crippen LogP contribution in [0, 0.1) is 19.8 Å². The van der Waals surface area contributed by atoms with Crippen molar-refractivity contribution in [1.82, 2.24) is 20.0 Å². The van der Waals surface area contributed by atoms with Crippen LogP contribution >= 0.6 is 0 Å². The third kappa shape index (κ3) is 3.76. The zero-order valence-corrected chi connectivity index (χ0v) is 15.6. The molecule has 2 saturated carbocycles. The van der Waals surface area contributed by atoms with Gasteiger partial charge in [-0.3, -0.25) is 4.68 Å². The first-order valence-corrected chi connectivity index (χ1v) is 9.54. The van der Waals surface area contributed by atoms with Gasteiger partial charge in [0, 0.05) is 30.9 Å². The predicted molar refractivity (Wildman–Crippen MR) is 95.9 cm³/mol. The second-order valence-electron chi connectivity index (χ2n) is 7.77. The number of carbonyl (C=O) groups excluding carboxylic acids is 1. The molecule has 0 saturated heterocycles. The molecule has 134 valence electrons. The van der Waals surface area contributed by atoms with Gasteiger partial charge in [-0.05, 0) is 52.4 Å². The Labute approximate surface area is 145 Å². The molecule has 0 spiro atoms. The molecule has 2 aliphatic rings. The minimum absolute atomic E-state index is 0.00325. The van der Waals surface area contributed by atoms with Gasteiger partial charge in [0.1, 0.15) is 0 Å². The van der Waals surface area contributed by atoms with E-state index in [1.54, 1.807) is 0 Å². The molecule has 24 heavy (non-hydrogen) atoms. The van der Waals surface area contributed by atoms with E-state index < -0.39 is 0 Å². The number of carbonyl (C=O) groups is 1. The Bertz CT molecular complexity index is 584. The Morgan fingerprint density at radius 3 is 2.46 bits per heavy atom. The number of nitrogens with zero attached hydrogens (tertiary/aromatic N) is 3. The standard InChI is InChI=1S/C19H32N4O/c1-13(18-14(2)21-22(4)15(18)3)20-19(24)23(12-16-10-11-16)17-8-6-5-7-9-17/h13,16-17H,5-12H2,1-4H3,(H,20,24)/t13-/m0/s1. The fourth-order valence-electron chi connectivity index (χ4n) is 4.13. The monoisotopic (exact) mass is 332 g/mol. The Morgan fingerprint density at radius 1 is 1.25 bits per heavy atom. The Balaban J connectivity index is 1.69. The van der Waals surface area contributed by atoms with Crippen LogP contribution in [0.15, 0.2) is 0 Å². The van der Waals surface area contributed by atoms with Crippen molar-refractivity contribution in [3.63, 3.8) is 0 Å². The molecular weight excluding hydrogens is 300 g/mol. The molecule has 2 aliphatic carbocycles. The first-order chi connectivity index (χ1) is 11.5. The average molecular weight is 332 g/mol. The van der Waals surface area contributed by atoms with Gasteiger partial charge in [-0.1, -0.05) is 19.3 Å².